The van der Waals surface area contributed by atoms with Gasteiger partial charge in [-0.3, -0.25) is 4.79 Å². The van der Waals surface area contributed by atoms with Gasteiger partial charge >= 0.3 is 5.97 Å². The number of amides is 1. The maximum atomic E-state index is 12.0. The van der Waals surface area contributed by atoms with Crippen molar-refractivity contribution >= 4 is 29.7 Å². The number of carboxylic acids is 1. The molecule has 0 spiro atoms. The summed E-state index contributed by atoms with van der Waals surface area (Å²) in [6.45, 7) is 4.69. The maximum absolute atomic E-state index is 12.0. The molecule has 0 aliphatic carbocycles. The van der Waals surface area contributed by atoms with Crippen LogP contribution in [0.5, 0.6) is 0 Å². The second kappa shape index (κ2) is 7.14. The van der Waals surface area contributed by atoms with Gasteiger partial charge in [0.2, 0.25) is 0 Å². The highest BCUT2D eigenvalue weighted by molar-refractivity contribution is 7.99. The van der Waals surface area contributed by atoms with E-state index in [-0.39, 0.29) is 10.7 Å². The highest BCUT2D eigenvalue weighted by atomic mass is 32.2. The third-order valence-electron chi connectivity index (χ3n) is 2.79. The quantitative estimate of drug-likeness (QED) is 0.791. The van der Waals surface area contributed by atoms with Crippen molar-refractivity contribution < 1.29 is 14.7 Å². The predicted molar refractivity (Wildman–Crippen MR) is 83.0 cm³/mol. The molecule has 1 amide bonds. The number of rotatable bonds is 6. The molecule has 4 nitrogen and oxygen atoms in total. The zero-order valence-corrected chi connectivity index (χ0v) is 12.7. The van der Waals surface area contributed by atoms with Crippen molar-refractivity contribution in [2.24, 2.45) is 0 Å². The Labute approximate surface area is 123 Å². The van der Waals surface area contributed by atoms with Gasteiger partial charge in [-0.25, -0.2) is 4.79 Å². The van der Waals surface area contributed by atoms with Crippen molar-refractivity contribution in [2.45, 2.75) is 18.6 Å². The van der Waals surface area contributed by atoms with Crippen molar-refractivity contribution in [3.8, 4) is 0 Å². The monoisotopic (exact) mass is 293 g/mol. The van der Waals surface area contributed by atoms with Gasteiger partial charge in [0, 0.05) is 22.9 Å². The molecule has 0 aromatic heterocycles. The first kappa shape index (κ1) is 16.3. The summed E-state index contributed by atoms with van der Waals surface area (Å²) in [6.07, 6.45) is 4.52. The molecule has 5 heteroatoms. The summed E-state index contributed by atoms with van der Waals surface area (Å²) in [5, 5.41) is 11.5. The summed E-state index contributed by atoms with van der Waals surface area (Å²) in [5.74, 6) is -1.17. The lowest BCUT2D eigenvalue weighted by Gasteiger charge is -2.22. The molecule has 1 rings (SSSR count). The summed E-state index contributed by atoms with van der Waals surface area (Å²) in [6, 6.07) is 6.86. The Balaban J connectivity index is 2.74. The molecule has 0 saturated carbocycles. The van der Waals surface area contributed by atoms with Crippen LogP contribution in [0, 0.1) is 0 Å². The molecule has 0 radical (unpaired) electrons. The number of carboxylic acid groups (broad SMARTS) is 1. The van der Waals surface area contributed by atoms with E-state index in [0.29, 0.717) is 17.7 Å². The number of thioether (sulfide) groups is 1. The van der Waals surface area contributed by atoms with Crippen LogP contribution in [0.15, 0.2) is 30.3 Å². The Morgan fingerprint density at radius 2 is 2.10 bits per heavy atom. The summed E-state index contributed by atoms with van der Waals surface area (Å²) in [7, 11) is 0. The van der Waals surface area contributed by atoms with Crippen LogP contribution in [0.4, 0.5) is 0 Å². The van der Waals surface area contributed by atoms with Crippen LogP contribution in [0.25, 0.3) is 6.08 Å². The van der Waals surface area contributed by atoms with Crippen LogP contribution in [0.3, 0.4) is 0 Å². The maximum Gasteiger partial charge on any atom is 0.328 e. The fraction of sp³-hybridized carbons (Fsp3) is 0.333. The average molecular weight is 293 g/mol. The molecular weight excluding hydrogens is 274 g/mol. The topological polar surface area (TPSA) is 66.4 Å². The van der Waals surface area contributed by atoms with Gasteiger partial charge in [-0.05, 0) is 43.9 Å². The van der Waals surface area contributed by atoms with E-state index in [9.17, 15) is 9.59 Å². The Bertz CT molecular complexity index is 524. The Morgan fingerprint density at radius 1 is 1.40 bits per heavy atom. The van der Waals surface area contributed by atoms with Crippen LogP contribution < -0.4 is 5.32 Å². The van der Waals surface area contributed by atoms with Crippen LogP contribution in [-0.2, 0) is 4.79 Å². The lowest BCUT2D eigenvalue weighted by molar-refractivity contribution is -0.131. The third kappa shape index (κ3) is 5.48. The average Bonchev–Trinajstić information content (AvgIpc) is 2.43. The largest absolute Gasteiger partial charge is 0.478 e. The smallest absolute Gasteiger partial charge is 0.328 e. The molecule has 0 aliphatic heterocycles. The first-order valence-corrected chi connectivity index (χ1v) is 7.41. The first-order valence-electron chi connectivity index (χ1n) is 6.18. The number of carbonyl (C=O) groups is 2. The van der Waals surface area contributed by atoms with Crippen molar-refractivity contribution in [3.05, 3.63) is 41.5 Å². The molecule has 0 unspecified atom stereocenters. The molecule has 0 aliphatic rings. The van der Waals surface area contributed by atoms with Gasteiger partial charge in [-0.2, -0.15) is 11.8 Å². The molecule has 0 heterocycles. The molecule has 0 fully saturated rings. The molecule has 0 atom stereocenters. The standard InChI is InChI=1S/C15H19NO3S/c1-15(2,20-3)10-16-14(19)12-6-4-5-11(9-12)7-8-13(17)18/h4-9H,10H2,1-3H3,(H,16,19)(H,17,18)/b8-7+. The van der Waals surface area contributed by atoms with E-state index >= 15 is 0 Å². The van der Waals surface area contributed by atoms with Gasteiger partial charge < -0.3 is 10.4 Å². The number of aliphatic carboxylic acids is 1. The molecular formula is C15H19NO3S. The van der Waals surface area contributed by atoms with Gasteiger partial charge in [-0.1, -0.05) is 12.1 Å². The lowest BCUT2D eigenvalue weighted by Crippen LogP contribution is -2.36. The Kier molecular flexibility index (Phi) is 5.82. The van der Waals surface area contributed by atoms with Crippen molar-refractivity contribution in [1.29, 1.82) is 0 Å². The fourth-order valence-electron chi connectivity index (χ4n) is 1.42. The third-order valence-corrected chi connectivity index (χ3v) is 4.04. The number of benzene rings is 1. The Hall–Kier alpha value is -1.75. The molecule has 0 bridgehead atoms. The van der Waals surface area contributed by atoms with E-state index in [1.54, 1.807) is 36.0 Å². The van der Waals surface area contributed by atoms with Crippen LogP contribution in [-0.4, -0.2) is 34.5 Å². The molecule has 0 saturated heterocycles. The molecule has 1 aromatic rings. The van der Waals surface area contributed by atoms with E-state index in [1.807, 2.05) is 6.26 Å². The van der Waals surface area contributed by atoms with Gasteiger partial charge in [0.1, 0.15) is 0 Å². The summed E-state index contributed by atoms with van der Waals surface area (Å²) < 4.78 is -0.0174. The van der Waals surface area contributed by atoms with Crippen molar-refractivity contribution in [3.63, 3.8) is 0 Å². The number of hydrogen-bond donors (Lipinski definition) is 2. The van der Waals surface area contributed by atoms with Gasteiger partial charge in [0.15, 0.2) is 0 Å². The summed E-state index contributed by atoms with van der Waals surface area (Å²) >= 11 is 1.69. The van der Waals surface area contributed by atoms with Gasteiger partial charge in [0.05, 0.1) is 0 Å². The molecule has 108 valence electrons. The summed E-state index contributed by atoms with van der Waals surface area (Å²) in [5.41, 5.74) is 1.21. The minimum Gasteiger partial charge on any atom is -0.478 e. The highest BCUT2D eigenvalue weighted by Crippen LogP contribution is 2.19. The van der Waals surface area contributed by atoms with Gasteiger partial charge in [-0.15, -0.1) is 0 Å². The number of hydrogen-bond acceptors (Lipinski definition) is 3. The van der Waals surface area contributed by atoms with E-state index in [1.165, 1.54) is 6.08 Å². The predicted octanol–water partition coefficient (Wildman–Crippen LogP) is 2.66. The second-order valence-electron chi connectivity index (χ2n) is 4.94. The molecule has 1 aromatic carbocycles. The summed E-state index contributed by atoms with van der Waals surface area (Å²) in [4.78, 5) is 22.5. The van der Waals surface area contributed by atoms with E-state index in [4.69, 9.17) is 5.11 Å². The van der Waals surface area contributed by atoms with E-state index in [2.05, 4.69) is 19.2 Å². The van der Waals surface area contributed by atoms with Crippen molar-refractivity contribution in [2.75, 3.05) is 12.8 Å². The minimum absolute atomic E-state index is 0.0174. The highest BCUT2D eigenvalue weighted by Gasteiger charge is 2.17. The fourth-order valence-corrected chi connectivity index (χ4v) is 1.63. The van der Waals surface area contributed by atoms with Crippen LogP contribution in [0.2, 0.25) is 0 Å². The normalized spacial score (nSPS) is 11.6. The lowest BCUT2D eigenvalue weighted by atomic mass is 10.1. The molecule has 2 N–H and O–H groups in total. The SMILES string of the molecule is CSC(C)(C)CNC(=O)c1cccc(/C=C/C(=O)O)c1. The zero-order chi connectivity index (χ0) is 15.2. The minimum atomic E-state index is -1.01. The second-order valence-corrected chi connectivity index (χ2v) is 6.46. The van der Waals surface area contributed by atoms with E-state index < -0.39 is 5.97 Å². The van der Waals surface area contributed by atoms with Crippen LogP contribution >= 0.6 is 11.8 Å². The molecule has 20 heavy (non-hydrogen) atoms. The van der Waals surface area contributed by atoms with E-state index in [0.717, 1.165) is 6.08 Å². The zero-order valence-electron chi connectivity index (χ0n) is 11.8. The number of nitrogens with one attached hydrogen (secondary N) is 1. The Morgan fingerprint density at radius 3 is 2.70 bits per heavy atom. The van der Waals surface area contributed by atoms with Gasteiger partial charge in [0.25, 0.3) is 5.91 Å². The first-order chi connectivity index (χ1) is 9.34. The van der Waals surface area contributed by atoms with Crippen molar-refractivity contribution in [1.82, 2.24) is 5.32 Å². The van der Waals surface area contributed by atoms with Crippen LogP contribution in [0.1, 0.15) is 29.8 Å². The number of carbonyl (C=O) groups excluding carboxylic acids is 1.